The van der Waals surface area contributed by atoms with E-state index in [1.54, 1.807) is 0 Å². The Morgan fingerprint density at radius 3 is 2.17 bits per heavy atom. The number of imidazole rings is 1. The van der Waals surface area contributed by atoms with Gasteiger partial charge in [0.1, 0.15) is 5.82 Å². The van der Waals surface area contributed by atoms with Gasteiger partial charge in [-0.05, 0) is 42.8 Å². The molecule has 0 saturated carbocycles. The van der Waals surface area contributed by atoms with Crippen LogP contribution >= 0.6 is 23.2 Å². The van der Waals surface area contributed by atoms with Gasteiger partial charge in [-0.1, -0.05) is 93.3 Å². The fourth-order valence-electron chi connectivity index (χ4n) is 3.69. The van der Waals surface area contributed by atoms with Crippen molar-refractivity contribution in [2.75, 3.05) is 0 Å². The van der Waals surface area contributed by atoms with Crippen LogP contribution in [0, 0.1) is 0 Å². The van der Waals surface area contributed by atoms with Crippen molar-refractivity contribution in [2.24, 2.45) is 0 Å². The fraction of sp³-hybridized carbons (Fsp3) is 0.400. The van der Waals surface area contributed by atoms with Crippen molar-refractivity contribution in [3.63, 3.8) is 0 Å². The first-order valence-corrected chi connectivity index (χ1v) is 11.5. The van der Waals surface area contributed by atoms with E-state index in [1.807, 2.05) is 36.4 Å². The largest absolute Gasteiger partial charge is 0.324 e. The molecule has 2 aromatic carbocycles. The highest BCUT2D eigenvalue weighted by molar-refractivity contribution is 6.37. The van der Waals surface area contributed by atoms with Crippen molar-refractivity contribution in [3.05, 3.63) is 63.9 Å². The summed E-state index contributed by atoms with van der Waals surface area (Å²) >= 11 is 12.6. The lowest BCUT2D eigenvalue weighted by atomic mass is 10.1. The van der Waals surface area contributed by atoms with Gasteiger partial charge < -0.3 is 4.57 Å². The summed E-state index contributed by atoms with van der Waals surface area (Å²) in [5.74, 6) is 0.949. The number of unbranched alkanes of at least 4 members (excludes halogenated alkanes) is 7. The van der Waals surface area contributed by atoms with Gasteiger partial charge in [-0.15, -0.1) is 0 Å². The summed E-state index contributed by atoms with van der Waals surface area (Å²) in [6, 6.07) is 13.9. The van der Waals surface area contributed by atoms with Gasteiger partial charge in [0.05, 0.1) is 11.0 Å². The first kappa shape index (κ1) is 21.9. The van der Waals surface area contributed by atoms with Gasteiger partial charge in [0, 0.05) is 22.2 Å². The summed E-state index contributed by atoms with van der Waals surface area (Å²) in [6.45, 7) is 3.24. The van der Waals surface area contributed by atoms with Crippen molar-refractivity contribution >= 4 is 46.4 Å². The fourth-order valence-corrected chi connectivity index (χ4v) is 4.21. The molecule has 3 rings (SSSR count). The predicted molar refractivity (Wildman–Crippen MR) is 128 cm³/mol. The average molecular weight is 429 g/mol. The average Bonchev–Trinajstić information content (AvgIpc) is 3.07. The standard InChI is InChI=1S/C25H30Cl2N2/c1-2-3-4-5-6-7-8-11-19-29-24-16-10-9-15-23(24)28-25(29)18-17-20-21(26)13-12-14-22(20)27/h9-10,12-18H,2-8,11,19H2,1H3/b18-17+. The molecule has 0 aliphatic heterocycles. The Morgan fingerprint density at radius 2 is 1.45 bits per heavy atom. The van der Waals surface area contributed by atoms with Gasteiger partial charge in [-0.3, -0.25) is 0 Å². The van der Waals surface area contributed by atoms with Crippen LogP contribution in [0.4, 0.5) is 0 Å². The molecule has 0 N–H and O–H groups in total. The van der Waals surface area contributed by atoms with Gasteiger partial charge in [-0.2, -0.15) is 0 Å². The molecule has 0 amide bonds. The second-order valence-electron chi connectivity index (χ2n) is 7.55. The first-order valence-electron chi connectivity index (χ1n) is 10.8. The number of aryl methyl sites for hydroxylation is 1. The quantitative estimate of drug-likeness (QED) is 0.279. The highest BCUT2D eigenvalue weighted by Crippen LogP contribution is 2.27. The minimum atomic E-state index is 0.652. The van der Waals surface area contributed by atoms with Crippen LogP contribution in [0.1, 0.15) is 69.7 Å². The highest BCUT2D eigenvalue weighted by Gasteiger charge is 2.09. The van der Waals surface area contributed by atoms with E-state index in [9.17, 15) is 0 Å². The molecule has 0 saturated heterocycles. The Labute approximate surface area is 184 Å². The molecule has 4 heteroatoms. The van der Waals surface area contributed by atoms with Gasteiger partial charge in [0.25, 0.3) is 0 Å². The van der Waals surface area contributed by atoms with E-state index < -0.39 is 0 Å². The maximum absolute atomic E-state index is 6.32. The molecule has 29 heavy (non-hydrogen) atoms. The molecular formula is C25H30Cl2N2. The van der Waals surface area contributed by atoms with Crippen LogP contribution in [-0.2, 0) is 6.54 Å². The SMILES string of the molecule is CCCCCCCCCCn1c(/C=C/c2c(Cl)cccc2Cl)nc2ccccc21. The zero-order valence-corrected chi connectivity index (χ0v) is 18.7. The molecule has 0 unspecified atom stereocenters. The van der Waals surface area contributed by atoms with Crippen molar-refractivity contribution < 1.29 is 0 Å². The summed E-state index contributed by atoms with van der Waals surface area (Å²) in [4.78, 5) is 4.83. The molecule has 1 heterocycles. The smallest absolute Gasteiger partial charge is 0.133 e. The normalized spacial score (nSPS) is 11.7. The third kappa shape index (κ3) is 6.10. The number of para-hydroxylation sites is 2. The molecule has 0 atom stereocenters. The lowest BCUT2D eigenvalue weighted by Crippen LogP contribution is -2.00. The van der Waals surface area contributed by atoms with E-state index in [1.165, 1.54) is 56.9 Å². The molecule has 3 aromatic rings. The van der Waals surface area contributed by atoms with E-state index in [0.717, 1.165) is 23.4 Å². The Bertz CT molecular complexity index is 923. The van der Waals surface area contributed by atoms with Crippen LogP contribution in [0.25, 0.3) is 23.2 Å². The van der Waals surface area contributed by atoms with Gasteiger partial charge in [0.15, 0.2) is 0 Å². The number of hydrogen-bond donors (Lipinski definition) is 0. The summed E-state index contributed by atoms with van der Waals surface area (Å²) in [7, 11) is 0. The van der Waals surface area contributed by atoms with Crippen molar-refractivity contribution in [2.45, 2.75) is 64.8 Å². The van der Waals surface area contributed by atoms with Crippen LogP contribution in [0.15, 0.2) is 42.5 Å². The molecule has 0 bridgehead atoms. The van der Waals surface area contributed by atoms with Crippen LogP contribution in [0.2, 0.25) is 10.0 Å². The molecular weight excluding hydrogens is 399 g/mol. The number of rotatable bonds is 11. The molecule has 154 valence electrons. The maximum Gasteiger partial charge on any atom is 0.133 e. The Hall–Kier alpha value is -1.77. The zero-order chi connectivity index (χ0) is 20.5. The molecule has 0 aliphatic rings. The first-order chi connectivity index (χ1) is 14.2. The minimum absolute atomic E-state index is 0.652. The Morgan fingerprint density at radius 1 is 0.793 bits per heavy atom. The number of fused-ring (bicyclic) bond motifs is 1. The van der Waals surface area contributed by atoms with Gasteiger partial charge in [0.2, 0.25) is 0 Å². The van der Waals surface area contributed by atoms with E-state index in [-0.39, 0.29) is 0 Å². The van der Waals surface area contributed by atoms with E-state index in [0.29, 0.717) is 10.0 Å². The molecule has 0 fully saturated rings. The molecule has 1 aromatic heterocycles. The second kappa shape index (κ2) is 11.4. The van der Waals surface area contributed by atoms with Crippen LogP contribution in [-0.4, -0.2) is 9.55 Å². The summed E-state index contributed by atoms with van der Waals surface area (Å²) in [5, 5.41) is 1.30. The predicted octanol–water partition coefficient (Wildman–Crippen LogP) is 8.65. The summed E-state index contributed by atoms with van der Waals surface area (Å²) < 4.78 is 2.31. The zero-order valence-electron chi connectivity index (χ0n) is 17.2. The topological polar surface area (TPSA) is 17.8 Å². The number of benzene rings is 2. The number of hydrogen-bond acceptors (Lipinski definition) is 1. The minimum Gasteiger partial charge on any atom is -0.324 e. The van der Waals surface area contributed by atoms with E-state index >= 15 is 0 Å². The molecule has 0 aliphatic carbocycles. The van der Waals surface area contributed by atoms with Gasteiger partial charge >= 0.3 is 0 Å². The van der Waals surface area contributed by atoms with Crippen molar-refractivity contribution in [3.8, 4) is 0 Å². The third-order valence-electron chi connectivity index (χ3n) is 5.32. The Balaban J connectivity index is 1.69. The third-order valence-corrected chi connectivity index (χ3v) is 5.98. The highest BCUT2D eigenvalue weighted by atomic mass is 35.5. The molecule has 0 radical (unpaired) electrons. The number of halogens is 2. The number of nitrogens with zero attached hydrogens (tertiary/aromatic N) is 2. The molecule has 0 spiro atoms. The maximum atomic E-state index is 6.32. The van der Waals surface area contributed by atoms with Crippen LogP contribution in [0.5, 0.6) is 0 Å². The van der Waals surface area contributed by atoms with Crippen molar-refractivity contribution in [1.29, 1.82) is 0 Å². The lowest BCUT2D eigenvalue weighted by Gasteiger charge is -2.08. The van der Waals surface area contributed by atoms with Gasteiger partial charge in [-0.25, -0.2) is 4.98 Å². The van der Waals surface area contributed by atoms with E-state index in [2.05, 4.69) is 29.7 Å². The van der Waals surface area contributed by atoms with Crippen LogP contribution in [0.3, 0.4) is 0 Å². The lowest BCUT2D eigenvalue weighted by molar-refractivity contribution is 0.547. The van der Waals surface area contributed by atoms with E-state index in [4.69, 9.17) is 28.2 Å². The Kier molecular flexibility index (Phi) is 8.64. The van der Waals surface area contributed by atoms with Crippen LogP contribution < -0.4 is 0 Å². The second-order valence-corrected chi connectivity index (χ2v) is 8.37. The summed E-state index contributed by atoms with van der Waals surface area (Å²) in [6.07, 6.45) is 14.5. The number of aromatic nitrogens is 2. The summed E-state index contributed by atoms with van der Waals surface area (Å²) in [5.41, 5.74) is 3.04. The monoisotopic (exact) mass is 428 g/mol. The van der Waals surface area contributed by atoms with Crippen molar-refractivity contribution in [1.82, 2.24) is 9.55 Å². The molecule has 2 nitrogen and oxygen atoms in total.